The molecule has 154 valence electrons. The number of imidazole rings is 1. The number of hydrogen-bond acceptors (Lipinski definition) is 4. The molecule has 4 rings (SSSR count). The Morgan fingerprint density at radius 2 is 1.86 bits per heavy atom. The summed E-state index contributed by atoms with van der Waals surface area (Å²) in [6.45, 7) is 3.17. The molecule has 1 fully saturated rings. The van der Waals surface area contributed by atoms with Crippen LogP contribution in [0.5, 0.6) is 0 Å². The molecule has 0 saturated carbocycles. The fourth-order valence-electron chi connectivity index (χ4n) is 3.24. The molecule has 0 spiro atoms. The fourth-order valence-corrected chi connectivity index (χ4v) is 3.24. The Morgan fingerprint density at radius 3 is 2.72 bits per heavy atom. The predicted octanol–water partition coefficient (Wildman–Crippen LogP) is 3.09. The van der Waals surface area contributed by atoms with Gasteiger partial charge < -0.3 is 20.5 Å². The van der Waals surface area contributed by atoms with E-state index in [4.69, 9.17) is 0 Å². The third-order valence-corrected chi connectivity index (χ3v) is 4.68. The molecule has 1 saturated heterocycles. The molecular weight excluding hydrogens is 413 g/mol. The van der Waals surface area contributed by atoms with E-state index < -0.39 is 0 Å². The van der Waals surface area contributed by atoms with Gasteiger partial charge >= 0.3 is 0 Å². The van der Waals surface area contributed by atoms with E-state index in [1.807, 2.05) is 4.90 Å². The summed E-state index contributed by atoms with van der Waals surface area (Å²) in [6.07, 6.45) is 2.54. The van der Waals surface area contributed by atoms with Crippen molar-refractivity contribution in [2.75, 3.05) is 31.5 Å². The number of halogens is 2. The Kier molecular flexibility index (Phi) is 8.01. The number of benzene rings is 2. The highest BCUT2D eigenvalue weighted by molar-refractivity contribution is 6.06. The average Bonchev–Trinajstić information content (AvgIpc) is 2.99. The highest BCUT2D eigenvalue weighted by Crippen LogP contribution is 2.17. The standard InChI is InChI=1S/C20H21N5O2.2ClH/c26-19(14-5-6-17-18(12-14)23-13-22-17)24-16-4-1-3-15(11-16)20(27)25-9-2-7-21-8-10-25;;/h1,3-6,11-13,21H,2,7-10H2,(H,22,23)(H,24,26);2*1H. The number of aromatic nitrogens is 2. The molecule has 1 aliphatic heterocycles. The molecule has 2 heterocycles. The van der Waals surface area contributed by atoms with Crippen LogP contribution in [0.2, 0.25) is 0 Å². The minimum absolute atomic E-state index is 0. The van der Waals surface area contributed by atoms with E-state index in [1.54, 1.807) is 48.8 Å². The van der Waals surface area contributed by atoms with Crippen LogP contribution >= 0.6 is 24.8 Å². The zero-order valence-corrected chi connectivity index (χ0v) is 17.3. The number of anilines is 1. The molecule has 2 aromatic carbocycles. The van der Waals surface area contributed by atoms with Crippen molar-refractivity contribution in [1.82, 2.24) is 20.2 Å². The van der Waals surface area contributed by atoms with Crippen LogP contribution in [0.4, 0.5) is 5.69 Å². The monoisotopic (exact) mass is 435 g/mol. The molecule has 0 atom stereocenters. The SMILES string of the molecule is Cl.Cl.O=C(Nc1cccc(C(=O)N2CCCNCC2)c1)c1ccc2nc[nH]c2c1. The van der Waals surface area contributed by atoms with Crippen molar-refractivity contribution in [1.29, 1.82) is 0 Å². The maximum atomic E-state index is 12.8. The van der Waals surface area contributed by atoms with Gasteiger partial charge in [0.25, 0.3) is 11.8 Å². The maximum Gasteiger partial charge on any atom is 0.255 e. The van der Waals surface area contributed by atoms with Gasteiger partial charge in [-0.2, -0.15) is 0 Å². The Hall–Kier alpha value is -2.61. The van der Waals surface area contributed by atoms with Gasteiger partial charge in [0.15, 0.2) is 0 Å². The van der Waals surface area contributed by atoms with Gasteiger partial charge in [-0.15, -0.1) is 24.8 Å². The van der Waals surface area contributed by atoms with Crippen LogP contribution in [-0.4, -0.2) is 52.9 Å². The van der Waals surface area contributed by atoms with E-state index in [0.717, 1.165) is 37.1 Å². The minimum Gasteiger partial charge on any atom is -0.345 e. The Labute approximate surface area is 181 Å². The smallest absolute Gasteiger partial charge is 0.255 e. The summed E-state index contributed by atoms with van der Waals surface area (Å²) in [6, 6.07) is 12.4. The van der Waals surface area contributed by atoms with Crippen LogP contribution in [0, 0.1) is 0 Å². The van der Waals surface area contributed by atoms with Gasteiger partial charge in [-0.05, 0) is 49.4 Å². The number of carbonyl (C=O) groups excluding carboxylic acids is 2. The van der Waals surface area contributed by atoms with Crippen molar-refractivity contribution in [2.24, 2.45) is 0 Å². The molecule has 3 N–H and O–H groups in total. The number of fused-ring (bicyclic) bond motifs is 1. The van der Waals surface area contributed by atoms with Gasteiger partial charge in [-0.1, -0.05) is 6.07 Å². The molecule has 9 heteroatoms. The van der Waals surface area contributed by atoms with Crippen molar-refractivity contribution in [3.8, 4) is 0 Å². The van der Waals surface area contributed by atoms with Crippen LogP contribution in [0.15, 0.2) is 48.8 Å². The Balaban J connectivity index is 0.00000150. The fraction of sp³-hybridized carbons (Fsp3) is 0.250. The first-order chi connectivity index (χ1) is 13.2. The highest BCUT2D eigenvalue weighted by atomic mass is 35.5. The van der Waals surface area contributed by atoms with Gasteiger partial charge in [0.2, 0.25) is 0 Å². The summed E-state index contributed by atoms with van der Waals surface area (Å²) in [7, 11) is 0. The normalized spacial score (nSPS) is 13.7. The third kappa shape index (κ3) is 5.26. The number of carbonyl (C=O) groups is 2. The molecule has 1 aliphatic rings. The van der Waals surface area contributed by atoms with Crippen molar-refractivity contribution < 1.29 is 9.59 Å². The molecule has 3 aromatic rings. The van der Waals surface area contributed by atoms with E-state index in [0.29, 0.717) is 23.4 Å². The first kappa shape index (κ1) is 22.7. The van der Waals surface area contributed by atoms with Crippen molar-refractivity contribution >= 4 is 53.3 Å². The zero-order chi connectivity index (χ0) is 18.6. The lowest BCUT2D eigenvalue weighted by atomic mass is 10.1. The second kappa shape index (κ2) is 10.2. The van der Waals surface area contributed by atoms with Crippen LogP contribution in [0.1, 0.15) is 27.1 Å². The third-order valence-electron chi connectivity index (χ3n) is 4.68. The summed E-state index contributed by atoms with van der Waals surface area (Å²) in [5.41, 5.74) is 3.33. The molecular formula is C20H23Cl2N5O2. The molecule has 1 aromatic heterocycles. The van der Waals surface area contributed by atoms with Crippen LogP contribution in [-0.2, 0) is 0 Å². The van der Waals surface area contributed by atoms with Gasteiger partial charge in [-0.3, -0.25) is 9.59 Å². The molecule has 29 heavy (non-hydrogen) atoms. The molecule has 0 bridgehead atoms. The number of aromatic amines is 1. The molecule has 0 unspecified atom stereocenters. The molecule has 0 radical (unpaired) electrons. The molecule has 0 aliphatic carbocycles. The zero-order valence-electron chi connectivity index (χ0n) is 15.7. The van der Waals surface area contributed by atoms with Crippen LogP contribution in [0.3, 0.4) is 0 Å². The van der Waals surface area contributed by atoms with E-state index >= 15 is 0 Å². The number of nitrogens with zero attached hydrogens (tertiary/aromatic N) is 2. The topological polar surface area (TPSA) is 90.1 Å². The van der Waals surface area contributed by atoms with Gasteiger partial charge in [0.05, 0.1) is 17.4 Å². The largest absolute Gasteiger partial charge is 0.345 e. The number of amides is 2. The van der Waals surface area contributed by atoms with Gasteiger partial charge in [0, 0.05) is 36.4 Å². The highest BCUT2D eigenvalue weighted by Gasteiger charge is 2.17. The second-order valence-electron chi connectivity index (χ2n) is 6.57. The van der Waals surface area contributed by atoms with Crippen LogP contribution < -0.4 is 10.6 Å². The summed E-state index contributed by atoms with van der Waals surface area (Å²) in [5.74, 6) is -0.233. The number of H-pyrrole nitrogens is 1. The Bertz CT molecular complexity index is 984. The number of hydrogen-bond donors (Lipinski definition) is 3. The first-order valence-electron chi connectivity index (χ1n) is 9.05. The quantitative estimate of drug-likeness (QED) is 0.589. The van der Waals surface area contributed by atoms with Crippen molar-refractivity contribution in [3.05, 3.63) is 59.9 Å². The van der Waals surface area contributed by atoms with Gasteiger partial charge in [0.1, 0.15) is 0 Å². The first-order valence-corrected chi connectivity index (χ1v) is 9.05. The van der Waals surface area contributed by atoms with Crippen molar-refractivity contribution in [3.63, 3.8) is 0 Å². The van der Waals surface area contributed by atoms with Crippen LogP contribution in [0.25, 0.3) is 11.0 Å². The molecule has 2 amide bonds. The predicted molar refractivity (Wildman–Crippen MR) is 118 cm³/mol. The van der Waals surface area contributed by atoms with Gasteiger partial charge in [-0.25, -0.2) is 4.98 Å². The molecule has 7 nitrogen and oxygen atoms in total. The maximum absolute atomic E-state index is 12.8. The average molecular weight is 436 g/mol. The summed E-state index contributed by atoms with van der Waals surface area (Å²) in [5, 5.41) is 6.16. The number of rotatable bonds is 3. The van der Waals surface area contributed by atoms with Crippen molar-refractivity contribution in [2.45, 2.75) is 6.42 Å². The summed E-state index contributed by atoms with van der Waals surface area (Å²) >= 11 is 0. The second-order valence-corrected chi connectivity index (χ2v) is 6.57. The van der Waals surface area contributed by atoms with E-state index in [9.17, 15) is 9.59 Å². The summed E-state index contributed by atoms with van der Waals surface area (Å²) < 4.78 is 0. The summed E-state index contributed by atoms with van der Waals surface area (Å²) in [4.78, 5) is 34.3. The Morgan fingerprint density at radius 1 is 1.00 bits per heavy atom. The van der Waals surface area contributed by atoms with E-state index in [2.05, 4.69) is 20.6 Å². The lowest BCUT2D eigenvalue weighted by Crippen LogP contribution is -2.34. The minimum atomic E-state index is -0.227. The number of nitrogens with one attached hydrogen (secondary N) is 3. The van der Waals surface area contributed by atoms with E-state index in [1.165, 1.54) is 0 Å². The lowest BCUT2D eigenvalue weighted by Gasteiger charge is -2.20. The lowest BCUT2D eigenvalue weighted by molar-refractivity contribution is 0.0766. The van der Waals surface area contributed by atoms with E-state index in [-0.39, 0.29) is 36.6 Å².